The third kappa shape index (κ3) is 1.74. The zero-order valence-corrected chi connectivity index (χ0v) is 10.4. The molecule has 3 heteroatoms. The zero-order valence-electron chi connectivity index (χ0n) is 10.4. The third-order valence-corrected chi connectivity index (χ3v) is 3.14. The monoisotopic (exact) mass is 238 g/mol. The number of hydrogen-bond acceptors (Lipinski definition) is 2. The smallest absolute Gasteiger partial charge is 0.118 e. The molecule has 18 heavy (non-hydrogen) atoms. The Morgan fingerprint density at radius 3 is 2.44 bits per heavy atom. The highest BCUT2D eigenvalue weighted by atomic mass is 16.5. The lowest BCUT2D eigenvalue weighted by Gasteiger charge is -2.05. The third-order valence-electron chi connectivity index (χ3n) is 3.14. The summed E-state index contributed by atoms with van der Waals surface area (Å²) < 4.78 is 7.26. The van der Waals surface area contributed by atoms with Gasteiger partial charge < -0.3 is 9.14 Å². The van der Waals surface area contributed by atoms with Crippen molar-refractivity contribution in [2.24, 2.45) is 0 Å². The largest absolute Gasteiger partial charge is 0.497 e. The quantitative estimate of drug-likeness (QED) is 0.684. The molecule has 0 atom stereocenters. The minimum Gasteiger partial charge on any atom is -0.497 e. The molecule has 3 nitrogen and oxygen atoms in total. The van der Waals surface area contributed by atoms with Gasteiger partial charge in [0.1, 0.15) is 11.6 Å². The Morgan fingerprint density at radius 1 is 1.00 bits per heavy atom. The molecule has 90 valence electrons. The zero-order chi connectivity index (χ0) is 12.5. The Bertz CT molecular complexity index is 683. The Morgan fingerprint density at radius 2 is 1.72 bits per heavy atom. The van der Waals surface area contributed by atoms with Gasteiger partial charge in [0.25, 0.3) is 0 Å². The van der Waals surface area contributed by atoms with Gasteiger partial charge in [0.15, 0.2) is 0 Å². The van der Waals surface area contributed by atoms with E-state index in [1.165, 1.54) is 11.1 Å². The van der Waals surface area contributed by atoms with Gasteiger partial charge in [0.05, 0.1) is 18.8 Å². The van der Waals surface area contributed by atoms with E-state index in [9.17, 15) is 0 Å². The summed E-state index contributed by atoms with van der Waals surface area (Å²) in [6, 6.07) is 12.3. The van der Waals surface area contributed by atoms with Crippen LogP contribution in [0, 0.1) is 6.92 Å². The van der Waals surface area contributed by atoms with Crippen molar-refractivity contribution in [2.45, 2.75) is 6.92 Å². The number of aryl methyl sites for hydroxylation is 1. The minimum absolute atomic E-state index is 0.874. The van der Waals surface area contributed by atoms with Gasteiger partial charge in [-0.05, 0) is 36.2 Å². The van der Waals surface area contributed by atoms with Crippen molar-refractivity contribution in [2.75, 3.05) is 7.11 Å². The van der Waals surface area contributed by atoms with Gasteiger partial charge in [-0.3, -0.25) is 0 Å². The predicted molar refractivity (Wildman–Crippen MR) is 71.9 cm³/mol. The van der Waals surface area contributed by atoms with Crippen molar-refractivity contribution in [1.29, 1.82) is 0 Å². The van der Waals surface area contributed by atoms with Crippen LogP contribution in [0.3, 0.4) is 0 Å². The highest BCUT2D eigenvalue weighted by Gasteiger charge is 2.02. The number of rotatable bonds is 2. The summed E-state index contributed by atoms with van der Waals surface area (Å²) in [5.41, 5.74) is 3.46. The van der Waals surface area contributed by atoms with Crippen molar-refractivity contribution in [3.05, 3.63) is 54.6 Å². The molecule has 1 aromatic carbocycles. The molecular formula is C15H14N2O. The highest BCUT2D eigenvalue weighted by molar-refractivity contribution is 5.66. The Hall–Kier alpha value is -2.29. The van der Waals surface area contributed by atoms with Gasteiger partial charge in [0.2, 0.25) is 0 Å². The molecule has 3 rings (SSSR count). The van der Waals surface area contributed by atoms with E-state index < -0.39 is 0 Å². The first-order valence-electron chi connectivity index (χ1n) is 5.86. The van der Waals surface area contributed by atoms with E-state index in [2.05, 4.69) is 39.8 Å². The van der Waals surface area contributed by atoms with Crippen molar-refractivity contribution in [1.82, 2.24) is 9.38 Å². The van der Waals surface area contributed by atoms with E-state index in [0.29, 0.717) is 0 Å². The van der Waals surface area contributed by atoms with Crippen LogP contribution < -0.4 is 4.74 Å². The van der Waals surface area contributed by atoms with E-state index in [1.54, 1.807) is 7.11 Å². The summed E-state index contributed by atoms with van der Waals surface area (Å²) in [4.78, 5) is 4.30. The first kappa shape index (κ1) is 10.8. The van der Waals surface area contributed by atoms with Crippen molar-refractivity contribution in [3.63, 3.8) is 0 Å². The van der Waals surface area contributed by atoms with E-state index in [4.69, 9.17) is 4.74 Å². The molecule has 0 radical (unpaired) electrons. The van der Waals surface area contributed by atoms with Crippen LogP contribution in [0.2, 0.25) is 0 Å². The SMILES string of the molecule is COc1ccc(-c2ccc3cnc(C)n3c2)cc1. The molecule has 0 aliphatic carbocycles. The van der Waals surface area contributed by atoms with Crippen LogP contribution >= 0.6 is 0 Å². The fourth-order valence-electron chi connectivity index (χ4n) is 2.07. The van der Waals surface area contributed by atoms with Crippen LogP contribution in [0.1, 0.15) is 5.82 Å². The van der Waals surface area contributed by atoms with Gasteiger partial charge in [-0.25, -0.2) is 4.98 Å². The van der Waals surface area contributed by atoms with Gasteiger partial charge in [0, 0.05) is 6.20 Å². The molecule has 0 unspecified atom stereocenters. The van der Waals surface area contributed by atoms with E-state index in [-0.39, 0.29) is 0 Å². The molecule has 0 bridgehead atoms. The van der Waals surface area contributed by atoms with Crippen LogP contribution in [0.5, 0.6) is 5.75 Å². The van der Waals surface area contributed by atoms with E-state index >= 15 is 0 Å². The number of ether oxygens (including phenoxy) is 1. The lowest BCUT2D eigenvalue weighted by atomic mass is 10.1. The summed E-state index contributed by atoms with van der Waals surface area (Å²) in [6.45, 7) is 2.00. The number of pyridine rings is 1. The number of benzene rings is 1. The van der Waals surface area contributed by atoms with Crippen LogP contribution in [0.25, 0.3) is 16.6 Å². The van der Waals surface area contributed by atoms with E-state index in [0.717, 1.165) is 17.1 Å². The summed E-state index contributed by atoms with van der Waals surface area (Å²) in [5, 5.41) is 0. The molecule has 0 spiro atoms. The molecule has 2 heterocycles. The summed E-state index contributed by atoms with van der Waals surface area (Å²) in [7, 11) is 1.68. The molecule has 0 aliphatic heterocycles. The van der Waals surface area contributed by atoms with Gasteiger partial charge >= 0.3 is 0 Å². The molecule has 0 amide bonds. The number of aromatic nitrogens is 2. The predicted octanol–water partition coefficient (Wildman–Crippen LogP) is 3.32. The first-order valence-corrected chi connectivity index (χ1v) is 5.86. The molecular weight excluding hydrogens is 224 g/mol. The second kappa shape index (κ2) is 4.18. The Labute approximate surface area is 106 Å². The average Bonchev–Trinajstić information content (AvgIpc) is 2.80. The molecule has 0 aliphatic rings. The maximum Gasteiger partial charge on any atom is 0.118 e. The fraction of sp³-hybridized carbons (Fsp3) is 0.133. The average molecular weight is 238 g/mol. The van der Waals surface area contributed by atoms with Crippen LogP contribution in [0.15, 0.2) is 48.8 Å². The van der Waals surface area contributed by atoms with Crippen LogP contribution in [0.4, 0.5) is 0 Å². The van der Waals surface area contributed by atoms with Gasteiger partial charge in [-0.2, -0.15) is 0 Å². The number of hydrogen-bond donors (Lipinski definition) is 0. The summed E-state index contributed by atoms with van der Waals surface area (Å²) in [6.07, 6.45) is 3.99. The van der Waals surface area contributed by atoms with Crippen molar-refractivity contribution >= 4 is 5.52 Å². The first-order chi connectivity index (χ1) is 8.78. The topological polar surface area (TPSA) is 26.5 Å². The number of imidazole rings is 1. The molecule has 0 fully saturated rings. The van der Waals surface area contributed by atoms with Crippen LogP contribution in [-0.4, -0.2) is 16.5 Å². The Balaban J connectivity index is 2.09. The summed E-state index contributed by atoms with van der Waals surface area (Å²) in [5.74, 6) is 1.87. The maximum atomic E-state index is 5.17. The summed E-state index contributed by atoms with van der Waals surface area (Å²) >= 11 is 0. The number of nitrogens with zero attached hydrogens (tertiary/aromatic N) is 2. The molecule has 3 aromatic rings. The standard InChI is InChI=1S/C15H14N2O/c1-11-16-9-14-6-3-13(10-17(11)14)12-4-7-15(18-2)8-5-12/h3-10H,1-2H3. The normalized spacial score (nSPS) is 10.8. The molecule has 0 N–H and O–H groups in total. The minimum atomic E-state index is 0.874. The molecule has 0 saturated carbocycles. The highest BCUT2D eigenvalue weighted by Crippen LogP contribution is 2.23. The van der Waals surface area contributed by atoms with Crippen molar-refractivity contribution < 1.29 is 4.74 Å². The van der Waals surface area contributed by atoms with Gasteiger partial charge in [-0.1, -0.05) is 18.2 Å². The fourth-order valence-corrected chi connectivity index (χ4v) is 2.07. The van der Waals surface area contributed by atoms with Crippen LogP contribution in [-0.2, 0) is 0 Å². The number of fused-ring (bicyclic) bond motifs is 1. The number of methoxy groups -OCH3 is 1. The van der Waals surface area contributed by atoms with E-state index in [1.807, 2.05) is 25.3 Å². The van der Waals surface area contributed by atoms with Gasteiger partial charge in [-0.15, -0.1) is 0 Å². The lowest BCUT2D eigenvalue weighted by molar-refractivity contribution is 0.415. The van der Waals surface area contributed by atoms with Crippen molar-refractivity contribution in [3.8, 4) is 16.9 Å². The maximum absolute atomic E-state index is 5.17. The Kier molecular flexibility index (Phi) is 2.52. The molecule has 0 saturated heterocycles. The lowest BCUT2D eigenvalue weighted by Crippen LogP contribution is -1.89. The second-order valence-electron chi connectivity index (χ2n) is 4.25. The molecule has 2 aromatic heterocycles. The second-order valence-corrected chi connectivity index (χ2v) is 4.25.